The first-order valence-electron chi connectivity index (χ1n) is 7.41. The van der Waals surface area contributed by atoms with Gasteiger partial charge in [-0.25, -0.2) is 0 Å². The summed E-state index contributed by atoms with van der Waals surface area (Å²) < 4.78 is 1.82. The fraction of sp³-hybridized carbons (Fsp3) is 0.600. The van der Waals surface area contributed by atoms with Crippen LogP contribution in [-0.2, 0) is 17.9 Å². The Morgan fingerprint density at radius 1 is 1.41 bits per heavy atom. The van der Waals surface area contributed by atoms with E-state index in [0.29, 0.717) is 11.4 Å². The maximum Gasteiger partial charge on any atom is 0.317 e. The molecule has 1 saturated carbocycles. The molecule has 1 fully saturated rings. The van der Waals surface area contributed by atoms with Crippen LogP contribution in [0.15, 0.2) is 10.9 Å². The number of pyridine rings is 1. The minimum absolute atomic E-state index is 0.127. The molecule has 3 N–H and O–H groups in total. The molecule has 0 spiro atoms. The molecule has 7 nitrogen and oxygen atoms in total. The molecular formula is C15H22N2O5. The Labute approximate surface area is 128 Å². The van der Waals surface area contributed by atoms with Crippen LogP contribution in [0, 0.1) is 0 Å². The number of hydrogen-bond acceptors (Lipinski definition) is 5. The zero-order chi connectivity index (χ0) is 16.3. The minimum atomic E-state index is -0.977. The Morgan fingerprint density at radius 2 is 2.05 bits per heavy atom. The van der Waals surface area contributed by atoms with Gasteiger partial charge in [0.25, 0.3) is 0 Å². The highest BCUT2D eigenvalue weighted by Crippen LogP contribution is 2.33. The van der Waals surface area contributed by atoms with E-state index in [9.17, 15) is 19.8 Å². The number of carboxylic acid groups (broad SMARTS) is 1. The summed E-state index contributed by atoms with van der Waals surface area (Å²) in [6.45, 7) is -0.346. The van der Waals surface area contributed by atoms with Crippen LogP contribution in [0.4, 0.5) is 0 Å². The van der Waals surface area contributed by atoms with Gasteiger partial charge in [-0.15, -0.1) is 0 Å². The van der Waals surface area contributed by atoms with Gasteiger partial charge in [0, 0.05) is 24.3 Å². The van der Waals surface area contributed by atoms with Gasteiger partial charge in [0.15, 0.2) is 5.75 Å². The van der Waals surface area contributed by atoms with Crippen LogP contribution in [-0.4, -0.2) is 44.3 Å². The lowest BCUT2D eigenvalue weighted by atomic mass is 10.1. The minimum Gasteiger partial charge on any atom is -0.503 e. The molecule has 1 heterocycles. The number of aliphatic carboxylic acids is 1. The lowest BCUT2D eigenvalue weighted by Crippen LogP contribution is -2.29. The molecule has 0 aromatic carbocycles. The maximum absolute atomic E-state index is 11.9. The molecule has 0 aliphatic heterocycles. The van der Waals surface area contributed by atoms with E-state index in [1.165, 1.54) is 11.0 Å². The van der Waals surface area contributed by atoms with Gasteiger partial charge in [0.05, 0.1) is 18.8 Å². The van der Waals surface area contributed by atoms with Crippen molar-refractivity contribution in [3.8, 4) is 5.75 Å². The third kappa shape index (κ3) is 3.48. The maximum atomic E-state index is 11.9. The summed E-state index contributed by atoms with van der Waals surface area (Å²) in [7, 11) is 1.61. The van der Waals surface area contributed by atoms with Crippen molar-refractivity contribution in [1.29, 1.82) is 0 Å². The van der Waals surface area contributed by atoms with Crippen molar-refractivity contribution >= 4 is 5.97 Å². The third-order valence-corrected chi connectivity index (χ3v) is 4.08. The fourth-order valence-electron chi connectivity index (χ4n) is 3.15. The molecule has 0 atom stereocenters. The van der Waals surface area contributed by atoms with Crippen molar-refractivity contribution in [1.82, 2.24) is 9.47 Å². The van der Waals surface area contributed by atoms with Gasteiger partial charge in [-0.3, -0.25) is 14.5 Å². The monoisotopic (exact) mass is 310 g/mol. The highest BCUT2D eigenvalue weighted by molar-refractivity contribution is 5.69. The van der Waals surface area contributed by atoms with Crippen LogP contribution in [0.5, 0.6) is 5.75 Å². The number of aliphatic hydroxyl groups excluding tert-OH is 1. The highest BCUT2D eigenvalue weighted by atomic mass is 16.4. The molecule has 0 radical (unpaired) electrons. The van der Waals surface area contributed by atoms with Crippen molar-refractivity contribution in [2.24, 2.45) is 0 Å². The Balaban J connectivity index is 2.46. The van der Waals surface area contributed by atoms with E-state index in [4.69, 9.17) is 5.11 Å². The van der Waals surface area contributed by atoms with Gasteiger partial charge < -0.3 is 19.9 Å². The molecule has 1 aromatic heterocycles. The number of rotatable bonds is 6. The lowest BCUT2D eigenvalue weighted by molar-refractivity contribution is -0.138. The molecule has 0 bridgehead atoms. The second kappa shape index (κ2) is 6.93. The van der Waals surface area contributed by atoms with Crippen LogP contribution in [0.2, 0.25) is 0 Å². The molecule has 0 amide bonds. The van der Waals surface area contributed by atoms with E-state index in [1.807, 2.05) is 4.57 Å². The zero-order valence-electron chi connectivity index (χ0n) is 12.7. The first-order chi connectivity index (χ1) is 10.4. The molecule has 1 aliphatic carbocycles. The van der Waals surface area contributed by atoms with E-state index in [1.54, 1.807) is 7.05 Å². The van der Waals surface area contributed by atoms with Crippen LogP contribution >= 0.6 is 0 Å². The summed E-state index contributed by atoms with van der Waals surface area (Å²) in [4.78, 5) is 24.2. The highest BCUT2D eigenvalue weighted by Gasteiger charge is 2.25. The van der Waals surface area contributed by atoms with Crippen LogP contribution in [0.3, 0.4) is 0 Å². The number of hydrogen-bond donors (Lipinski definition) is 3. The number of aromatic hydroxyl groups is 1. The number of carbonyl (C=O) groups is 1. The molecule has 1 aliphatic rings. The Bertz CT molecular complexity index is 605. The predicted octanol–water partition coefficient (Wildman–Crippen LogP) is 0.678. The van der Waals surface area contributed by atoms with Crippen LogP contribution < -0.4 is 5.43 Å². The van der Waals surface area contributed by atoms with Gasteiger partial charge in [0.2, 0.25) is 5.43 Å². The van der Waals surface area contributed by atoms with Crippen LogP contribution in [0.25, 0.3) is 0 Å². The first-order valence-corrected chi connectivity index (χ1v) is 7.41. The van der Waals surface area contributed by atoms with Gasteiger partial charge >= 0.3 is 5.97 Å². The van der Waals surface area contributed by atoms with Gasteiger partial charge in [-0.05, 0) is 19.9 Å². The summed E-state index contributed by atoms with van der Waals surface area (Å²) >= 11 is 0. The topological polar surface area (TPSA) is 103 Å². The van der Waals surface area contributed by atoms with Crippen molar-refractivity contribution < 1.29 is 20.1 Å². The van der Waals surface area contributed by atoms with Gasteiger partial charge in [-0.2, -0.15) is 0 Å². The summed E-state index contributed by atoms with van der Waals surface area (Å²) in [5, 5.41) is 28.6. The molecule has 1 aromatic rings. The van der Waals surface area contributed by atoms with Crippen LogP contribution in [0.1, 0.15) is 43.1 Å². The smallest absolute Gasteiger partial charge is 0.317 e. The number of carboxylic acids is 1. The van der Waals surface area contributed by atoms with Crippen molar-refractivity contribution in [2.75, 3.05) is 13.6 Å². The van der Waals surface area contributed by atoms with E-state index >= 15 is 0 Å². The van der Waals surface area contributed by atoms with E-state index in [2.05, 4.69) is 0 Å². The van der Waals surface area contributed by atoms with Crippen molar-refractivity contribution in [2.45, 2.75) is 44.9 Å². The summed E-state index contributed by atoms with van der Waals surface area (Å²) in [6, 6.07) is 1.39. The average molecular weight is 310 g/mol. The number of aromatic nitrogens is 1. The van der Waals surface area contributed by atoms with Gasteiger partial charge in [0.1, 0.15) is 0 Å². The molecule has 0 unspecified atom stereocenters. The second-order valence-electron chi connectivity index (χ2n) is 5.83. The number of nitrogens with zero attached hydrogens (tertiary/aromatic N) is 2. The molecule has 7 heteroatoms. The molecule has 122 valence electrons. The molecule has 0 saturated heterocycles. The molecular weight excluding hydrogens is 288 g/mol. The standard InChI is InChI=1S/C15H22N2O5/c1-16(8-14(20)21)7-12-15(22)13(19)6-11(9-18)17(12)10-4-2-3-5-10/h6,10,18,22H,2-5,7-9H2,1H3,(H,20,21). The normalized spacial score (nSPS) is 15.6. The molecule has 2 rings (SSSR count). The third-order valence-electron chi connectivity index (χ3n) is 4.08. The van der Waals surface area contributed by atoms with Gasteiger partial charge in [-0.1, -0.05) is 12.8 Å². The molecule has 22 heavy (non-hydrogen) atoms. The first kappa shape index (κ1) is 16.5. The quantitative estimate of drug-likeness (QED) is 0.714. The van der Waals surface area contributed by atoms with Crippen molar-refractivity contribution in [3.05, 3.63) is 27.7 Å². The summed E-state index contributed by atoms with van der Waals surface area (Å²) in [5.74, 6) is -1.34. The summed E-state index contributed by atoms with van der Waals surface area (Å²) in [5.41, 5.74) is 0.303. The second-order valence-corrected chi connectivity index (χ2v) is 5.83. The summed E-state index contributed by atoms with van der Waals surface area (Å²) in [6.07, 6.45) is 3.97. The van der Waals surface area contributed by atoms with Crippen molar-refractivity contribution in [3.63, 3.8) is 0 Å². The number of aliphatic hydroxyl groups is 1. The Kier molecular flexibility index (Phi) is 5.20. The largest absolute Gasteiger partial charge is 0.503 e. The van der Waals surface area contributed by atoms with E-state index < -0.39 is 11.4 Å². The lowest BCUT2D eigenvalue weighted by Gasteiger charge is -2.26. The predicted molar refractivity (Wildman–Crippen MR) is 79.8 cm³/mol. The van der Waals surface area contributed by atoms with E-state index in [0.717, 1.165) is 25.7 Å². The fourth-order valence-corrected chi connectivity index (χ4v) is 3.15. The van der Waals surface area contributed by atoms with E-state index in [-0.39, 0.29) is 31.5 Å². The zero-order valence-corrected chi connectivity index (χ0v) is 12.7. The average Bonchev–Trinajstić information content (AvgIpc) is 2.96. The number of likely N-dealkylation sites (N-methyl/N-ethyl adjacent to an activating group) is 1. The Morgan fingerprint density at radius 3 is 2.59 bits per heavy atom. The SMILES string of the molecule is CN(CC(=O)O)Cc1c(O)c(=O)cc(CO)n1C1CCCC1. The Hall–Kier alpha value is -1.86.